The molecular weight excluding hydrogens is 464 g/mol. The molecule has 2 aromatic rings. The summed E-state index contributed by atoms with van der Waals surface area (Å²) in [6.07, 6.45) is 0. The summed E-state index contributed by atoms with van der Waals surface area (Å²) in [5.41, 5.74) is 0.951. The van der Waals surface area contributed by atoms with Crippen molar-refractivity contribution in [2.24, 2.45) is 0 Å². The molecule has 0 radical (unpaired) electrons. The third kappa shape index (κ3) is 5.11. The number of aliphatic hydroxyl groups excluding tert-OH is 1. The highest BCUT2D eigenvalue weighted by Gasteiger charge is 2.46. The van der Waals surface area contributed by atoms with Gasteiger partial charge in [0.2, 0.25) is 5.75 Å². The van der Waals surface area contributed by atoms with Crippen molar-refractivity contribution >= 4 is 17.4 Å². The van der Waals surface area contributed by atoms with Crippen molar-refractivity contribution in [3.05, 3.63) is 53.1 Å². The Bertz CT molecular complexity index is 1100. The predicted molar refractivity (Wildman–Crippen MR) is 136 cm³/mol. The number of amides is 1. The Balaban J connectivity index is 2.21. The molecule has 1 fully saturated rings. The van der Waals surface area contributed by atoms with Crippen LogP contribution < -0.4 is 18.9 Å². The standard InChI is InChI=1S/C27H34N2O7/c1-7-28(8-2)13-14-29-23(18-15-20(34-4)26(36-6)21(16-18)35-5)22(25(31)27(29)32)24(30)17-9-11-19(33-3)12-10-17/h9-12,15-16,23,30H,7-8,13-14H2,1-6H3/b24-22+/t23-/m0/s1. The van der Waals surface area contributed by atoms with E-state index in [0.29, 0.717) is 47.2 Å². The Hall–Kier alpha value is -3.72. The van der Waals surface area contributed by atoms with E-state index in [1.807, 2.05) is 13.8 Å². The van der Waals surface area contributed by atoms with E-state index >= 15 is 0 Å². The van der Waals surface area contributed by atoms with Gasteiger partial charge < -0.3 is 33.9 Å². The number of Topliss-reactive ketones (excluding diaryl/α,β-unsaturated/α-hetero) is 1. The van der Waals surface area contributed by atoms with Gasteiger partial charge in [-0.25, -0.2) is 0 Å². The van der Waals surface area contributed by atoms with Crippen LogP contribution in [-0.4, -0.2) is 81.2 Å². The van der Waals surface area contributed by atoms with Crippen molar-refractivity contribution in [1.82, 2.24) is 9.80 Å². The molecule has 0 bridgehead atoms. The van der Waals surface area contributed by atoms with Crippen LogP contribution in [0.5, 0.6) is 23.0 Å². The van der Waals surface area contributed by atoms with Crippen molar-refractivity contribution < 1.29 is 33.6 Å². The molecule has 9 heteroatoms. The number of benzene rings is 2. The van der Waals surface area contributed by atoms with Gasteiger partial charge in [-0.2, -0.15) is 0 Å². The molecule has 1 atom stereocenters. The van der Waals surface area contributed by atoms with Crippen LogP contribution in [0.4, 0.5) is 0 Å². The number of ether oxygens (including phenoxy) is 4. The molecule has 1 aliphatic rings. The maximum Gasteiger partial charge on any atom is 0.295 e. The second kappa shape index (κ2) is 11.8. The molecule has 9 nitrogen and oxygen atoms in total. The highest BCUT2D eigenvalue weighted by Crippen LogP contribution is 2.45. The SMILES string of the molecule is CCN(CC)CCN1C(=O)C(=O)/C(=C(/O)c2ccc(OC)cc2)[C@@H]1c1cc(OC)c(OC)c(OC)c1. The lowest BCUT2D eigenvalue weighted by atomic mass is 9.94. The topological polar surface area (TPSA) is 97.8 Å². The van der Waals surface area contributed by atoms with Gasteiger partial charge in [-0.05, 0) is 55.1 Å². The summed E-state index contributed by atoms with van der Waals surface area (Å²) in [7, 11) is 6.03. The fraction of sp³-hybridized carbons (Fsp3) is 0.407. The van der Waals surface area contributed by atoms with Crippen LogP contribution in [0.2, 0.25) is 0 Å². The van der Waals surface area contributed by atoms with Gasteiger partial charge in [0.15, 0.2) is 11.5 Å². The molecule has 194 valence electrons. The van der Waals surface area contributed by atoms with Gasteiger partial charge in [0.25, 0.3) is 11.7 Å². The van der Waals surface area contributed by atoms with E-state index in [1.54, 1.807) is 43.5 Å². The van der Waals surface area contributed by atoms with Crippen molar-refractivity contribution in [3.63, 3.8) is 0 Å². The maximum absolute atomic E-state index is 13.3. The van der Waals surface area contributed by atoms with Crippen molar-refractivity contribution in [1.29, 1.82) is 0 Å². The van der Waals surface area contributed by atoms with Crippen LogP contribution in [0, 0.1) is 0 Å². The molecule has 1 saturated heterocycles. The predicted octanol–water partition coefficient (Wildman–Crippen LogP) is 3.48. The van der Waals surface area contributed by atoms with Gasteiger partial charge in [-0.1, -0.05) is 13.8 Å². The maximum atomic E-state index is 13.3. The monoisotopic (exact) mass is 498 g/mol. The number of nitrogens with zero attached hydrogens (tertiary/aromatic N) is 2. The number of aliphatic hydroxyl groups is 1. The minimum Gasteiger partial charge on any atom is -0.507 e. The first kappa shape index (κ1) is 26.9. The second-order valence-electron chi connectivity index (χ2n) is 8.21. The molecule has 0 saturated carbocycles. The summed E-state index contributed by atoms with van der Waals surface area (Å²) in [5, 5.41) is 11.3. The molecule has 1 N–H and O–H groups in total. The Labute approximate surface area is 211 Å². The fourth-order valence-corrected chi connectivity index (χ4v) is 4.41. The molecule has 0 aliphatic carbocycles. The van der Waals surface area contributed by atoms with E-state index in [1.165, 1.54) is 26.2 Å². The average molecular weight is 499 g/mol. The van der Waals surface area contributed by atoms with Gasteiger partial charge in [-0.15, -0.1) is 0 Å². The van der Waals surface area contributed by atoms with Crippen LogP contribution in [0.1, 0.15) is 31.0 Å². The smallest absolute Gasteiger partial charge is 0.295 e. The summed E-state index contributed by atoms with van der Waals surface area (Å²) in [6.45, 7) is 6.56. The minimum absolute atomic E-state index is 0.000938. The first-order chi connectivity index (χ1) is 17.3. The molecule has 2 aromatic carbocycles. The van der Waals surface area contributed by atoms with E-state index < -0.39 is 17.7 Å². The number of methoxy groups -OCH3 is 4. The molecule has 0 aromatic heterocycles. The van der Waals surface area contributed by atoms with Crippen molar-refractivity contribution in [2.75, 3.05) is 54.6 Å². The number of rotatable bonds is 11. The number of carbonyl (C=O) groups excluding carboxylic acids is 2. The molecule has 36 heavy (non-hydrogen) atoms. The quantitative estimate of drug-likeness (QED) is 0.286. The van der Waals surface area contributed by atoms with Crippen LogP contribution >= 0.6 is 0 Å². The Morgan fingerprint density at radius 2 is 1.50 bits per heavy atom. The number of hydrogen-bond donors (Lipinski definition) is 1. The van der Waals surface area contributed by atoms with E-state index in [4.69, 9.17) is 18.9 Å². The lowest BCUT2D eigenvalue weighted by Crippen LogP contribution is -2.38. The molecule has 0 spiro atoms. The molecular formula is C27H34N2O7. The van der Waals surface area contributed by atoms with E-state index in [9.17, 15) is 14.7 Å². The second-order valence-corrected chi connectivity index (χ2v) is 8.21. The summed E-state index contributed by atoms with van der Waals surface area (Å²) in [5.74, 6) is 0.0698. The van der Waals surface area contributed by atoms with Crippen molar-refractivity contribution in [2.45, 2.75) is 19.9 Å². The first-order valence-corrected chi connectivity index (χ1v) is 11.8. The van der Waals surface area contributed by atoms with E-state index in [0.717, 1.165) is 13.1 Å². The highest BCUT2D eigenvalue weighted by atomic mass is 16.5. The number of carbonyl (C=O) groups is 2. The zero-order valence-corrected chi connectivity index (χ0v) is 21.7. The number of likely N-dealkylation sites (tertiary alicyclic amines) is 1. The number of hydrogen-bond acceptors (Lipinski definition) is 8. The first-order valence-electron chi connectivity index (χ1n) is 11.8. The minimum atomic E-state index is -0.851. The zero-order chi connectivity index (χ0) is 26.4. The molecule has 0 unspecified atom stereocenters. The number of likely N-dealkylation sites (N-methyl/N-ethyl adjacent to an activating group) is 1. The Morgan fingerprint density at radius 3 is 1.97 bits per heavy atom. The third-order valence-corrected chi connectivity index (χ3v) is 6.46. The summed E-state index contributed by atoms with van der Waals surface area (Å²) in [4.78, 5) is 30.2. The number of ketones is 1. The van der Waals surface area contributed by atoms with E-state index in [2.05, 4.69) is 4.90 Å². The Kier molecular flexibility index (Phi) is 8.82. The van der Waals surface area contributed by atoms with Crippen LogP contribution in [-0.2, 0) is 9.59 Å². The van der Waals surface area contributed by atoms with Crippen LogP contribution in [0.25, 0.3) is 5.76 Å². The molecule has 1 heterocycles. The molecule has 1 amide bonds. The Morgan fingerprint density at radius 1 is 0.917 bits per heavy atom. The van der Waals surface area contributed by atoms with Crippen LogP contribution in [0.3, 0.4) is 0 Å². The molecule has 3 rings (SSSR count). The van der Waals surface area contributed by atoms with Gasteiger partial charge in [0.05, 0.1) is 40.1 Å². The third-order valence-electron chi connectivity index (χ3n) is 6.46. The lowest BCUT2D eigenvalue weighted by molar-refractivity contribution is -0.140. The lowest BCUT2D eigenvalue weighted by Gasteiger charge is -2.29. The largest absolute Gasteiger partial charge is 0.507 e. The van der Waals surface area contributed by atoms with Gasteiger partial charge >= 0.3 is 0 Å². The zero-order valence-electron chi connectivity index (χ0n) is 21.7. The summed E-state index contributed by atoms with van der Waals surface area (Å²) >= 11 is 0. The fourth-order valence-electron chi connectivity index (χ4n) is 4.41. The van der Waals surface area contributed by atoms with E-state index in [-0.39, 0.29) is 11.3 Å². The van der Waals surface area contributed by atoms with Gasteiger partial charge in [0.1, 0.15) is 11.5 Å². The highest BCUT2D eigenvalue weighted by molar-refractivity contribution is 6.46. The molecule has 1 aliphatic heterocycles. The summed E-state index contributed by atoms with van der Waals surface area (Å²) in [6, 6.07) is 9.19. The van der Waals surface area contributed by atoms with Crippen LogP contribution in [0.15, 0.2) is 42.0 Å². The van der Waals surface area contributed by atoms with Gasteiger partial charge in [0, 0.05) is 18.7 Å². The normalized spacial score (nSPS) is 17.0. The summed E-state index contributed by atoms with van der Waals surface area (Å²) < 4.78 is 21.7. The van der Waals surface area contributed by atoms with Gasteiger partial charge in [-0.3, -0.25) is 9.59 Å². The average Bonchev–Trinajstić information content (AvgIpc) is 3.17. The van der Waals surface area contributed by atoms with Crippen molar-refractivity contribution in [3.8, 4) is 23.0 Å².